The molecule has 6 nitrogen and oxygen atoms in total. The van der Waals surface area contributed by atoms with Crippen molar-refractivity contribution in [1.29, 1.82) is 0 Å². The molecule has 1 aromatic carbocycles. The van der Waals surface area contributed by atoms with Crippen LogP contribution < -0.4 is 4.74 Å². The molecular formula is C19H22N4O2. The number of pyridine rings is 1. The molecule has 0 fully saturated rings. The molecule has 130 valence electrons. The first kappa shape index (κ1) is 17.1. The Morgan fingerprint density at radius 2 is 2.00 bits per heavy atom. The number of hydrogen-bond acceptors (Lipinski definition) is 5. The average molecular weight is 338 g/mol. The van der Waals surface area contributed by atoms with E-state index in [1.807, 2.05) is 36.5 Å². The second-order valence-electron chi connectivity index (χ2n) is 5.74. The second-order valence-corrected chi connectivity index (χ2v) is 5.74. The van der Waals surface area contributed by atoms with Crippen LogP contribution in [0.25, 0.3) is 0 Å². The van der Waals surface area contributed by atoms with Gasteiger partial charge in [0.1, 0.15) is 11.6 Å². The molecule has 0 unspecified atom stereocenters. The predicted octanol–water partition coefficient (Wildman–Crippen LogP) is 2.05. The van der Waals surface area contributed by atoms with E-state index in [2.05, 4.69) is 21.1 Å². The van der Waals surface area contributed by atoms with Gasteiger partial charge in [-0.2, -0.15) is 5.10 Å². The number of aryl methyl sites for hydroxylation is 2. The summed E-state index contributed by atoms with van der Waals surface area (Å²) in [6.07, 6.45) is 5.82. The molecule has 3 aromatic rings. The maximum absolute atomic E-state index is 9.29. The van der Waals surface area contributed by atoms with Gasteiger partial charge >= 0.3 is 0 Å². The summed E-state index contributed by atoms with van der Waals surface area (Å²) in [6.45, 7) is 0.485. The Kier molecular flexibility index (Phi) is 5.74. The van der Waals surface area contributed by atoms with Crippen LogP contribution >= 0.6 is 0 Å². The van der Waals surface area contributed by atoms with E-state index >= 15 is 0 Å². The van der Waals surface area contributed by atoms with Gasteiger partial charge in [-0.1, -0.05) is 24.3 Å². The molecule has 0 atom stereocenters. The van der Waals surface area contributed by atoms with Crippen LogP contribution in [-0.2, 0) is 25.8 Å². The Morgan fingerprint density at radius 3 is 2.76 bits per heavy atom. The van der Waals surface area contributed by atoms with E-state index in [1.165, 1.54) is 0 Å². The zero-order valence-corrected chi connectivity index (χ0v) is 14.3. The summed E-state index contributed by atoms with van der Waals surface area (Å²) < 4.78 is 7.19. The highest BCUT2D eigenvalue weighted by molar-refractivity contribution is 5.35. The van der Waals surface area contributed by atoms with Crippen molar-refractivity contribution in [2.24, 2.45) is 0 Å². The maximum atomic E-state index is 9.29. The minimum atomic E-state index is 0.0390. The number of hydrogen-bond donors (Lipinski definition) is 1. The first-order valence-corrected chi connectivity index (χ1v) is 8.34. The molecule has 2 aromatic heterocycles. The maximum Gasteiger partial charge on any atom is 0.155 e. The number of aromatic nitrogens is 4. The minimum absolute atomic E-state index is 0.0390. The quantitative estimate of drug-likeness (QED) is 0.680. The summed E-state index contributed by atoms with van der Waals surface area (Å²) in [5.74, 6) is 2.44. The van der Waals surface area contributed by atoms with Crippen molar-refractivity contribution in [1.82, 2.24) is 19.7 Å². The molecule has 0 amide bonds. The molecule has 0 saturated heterocycles. The largest absolute Gasteiger partial charge is 0.496 e. The SMILES string of the molecule is COc1ccccc1Cc1nc(CCc2cccnc2)n(CCO)n1. The molecule has 25 heavy (non-hydrogen) atoms. The van der Waals surface area contributed by atoms with Crippen LogP contribution in [0.1, 0.15) is 22.8 Å². The van der Waals surface area contributed by atoms with Crippen LogP contribution in [0.3, 0.4) is 0 Å². The van der Waals surface area contributed by atoms with Crippen LogP contribution in [0.4, 0.5) is 0 Å². The second kappa shape index (κ2) is 8.39. The van der Waals surface area contributed by atoms with Crippen LogP contribution in [0.2, 0.25) is 0 Å². The molecule has 0 bridgehead atoms. The highest BCUT2D eigenvalue weighted by Gasteiger charge is 2.12. The summed E-state index contributed by atoms with van der Waals surface area (Å²) in [7, 11) is 1.66. The van der Waals surface area contributed by atoms with Gasteiger partial charge in [-0.3, -0.25) is 4.98 Å². The number of nitrogens with zero attached hydrogens (tertiary/aromatic N) is 4. The van der Waals surface area contributed by atoms with Crippen molar-refractivity contribution >= 4 is 0 Å². The van der Waals surface area contributed by atoms with E-state index in [4.69, 9.17) is 4.74 Å². The monoisotopic (exact) mass is 338 g/mol. The topological polar surface area (TPSA) is 73.1 Å². The molecule has 0 aliphatic heterocycles. The first-order chi connectivity index (χ1) is 12.3. The summed E-state index contributed by atoms with van der Waals surface area (Å²) in [5, 5.41) is 13.8. The van der Waals surface area contributed by atoms with Gasteiger partial charge in [0.15, 0.2) is 5.82 Å². The number of aliphatic hydroxyl groups is 1. The molecule has 3 rings (SSSR count). The van der Waals surface area contributed by atoms with Crippen molar-refractivity contribution in [3.05, 3.63) is 71.6 Å². The van der Waals surface area contributed by atoms with Gasteiger partial charge in [0.2, 0.25) is 0 Å². The lowest BCUT2D eigenvalue weighted by Crippen LogP contribution is -2.09. The Morgan fingerprint density at radius 1 is 1.12 bits per heavy atom. The standard InChI is InChI=1S/C19H22N4O2/c1-25-17-7-3-2-6-16(17)13-18-21-19(23(22-18)11-12-24)9-8-15-5-4-10-20-14-15/h2-7,10,14,24H,8-9,11-13H2,1H3. The first-order valence-electron chi connectivity index (χ1n) is 8.34. The summed E-state index contributed by atoms with van der Waals surface area (Å²) in [5.41, 5.74) is 2.21. The third-order valence-electron chi connectivity index (χ3n) is 4.01. The van der Waals surface area contributed by atoms with Crippen LogP contribution in [0, 0.1) is 0 Å². The zero-order chi connectivity index (χ0) is 17.5. The molecule has 0 aliphatic carbocycles. The lowest BCUT2D eigenvalue weighted by atomic mass is 10.1. The predicted molar refractivity (Wildman–Crippen MR) is 94.6 cm³/mol. The number of rotatable bonds is 8. The Labute approximate surface area is 147 Å². The Hall–Kier alpha value is -2.73. The van der Waals surface area contributed by atoms with Crippen LogP contribution in [0.15, 0.2) is 48.8 Å². The van der Waals surface area contributed by atoms with Crippen molar-refractivity contribution in [3.63, 3.8) is 0 Å². The van der Waals surface area contributed by atoms with Gasteiger partial charge in [0.05, 0.1) is 20.3 Å². The van der Waals surface area contributed by atoms with Gasteiger partial charge in [-0.05, 0) is 24.1 Å². The molecule has 0 aliphatic rings. The summed E-state index contributed by atoms with van der Waals surface area (Å²) >= 11 is 0. The van der Waals surface area contributed by atoms with Crippen molar-refractivity contribution in [2.45, 2.75) is 25.8 Å². The molecule has 1 N–H and O–H groups in total. The summed E-state index contributed by atoms with van der Waals surface area (Å²) in [4.78, 5) is 8.82. The Balaban J connectivity index is 1.77. The van der Waals surface area contributed by atoms with E-state index in [-0.39, 0.29) is 6.61 Å². The van der Waals surface area contributed by atoms with E-state index in [0.717, 1.165) is 41.4 Å². The lowest BCUT2D eigenvalue weighted by Gasteiger charge is -2.05. The van der Waals surface area contributed by atoms with Gasteiger partial charge in [0.25, 0.3) is 0 Å². The van der Waals surface area contributed by atoms with E-state index < -0.39 is 0 Å². The van der Waals surface area contributed by atoms with Gasteiger partial charge in [0, 0.05) is 30.8 Å². The smallest absolute Gasteiger partial charge is 0.155 e. The fraction of sp³-hybridized carbons (Fsp3) is 0.316. The van der Waals surface area contributed by atoms with Crippen molar-refractivity contribution < 1.29 is 9.84 Å². The van der Waals surface area contributed by atoms with Gasteiger partial charge < -0.3 is 9.84 Å². The minimum Gasteiger partial charge on any atom is -0.496 e. The highest BCUT2D eigenvalue weighted by atomic mass is 16.5. The fourth-order valence-electron chi connectivity index (χ4n) is 2.78. The van der Waals surface area contributed by atoms with E-state index in [0.29, 0.717) is 13.0 Å². The summed E-state index contributed by atoms with van der Waals surface area (Å²) in [6, 6.07) is 11.9. The number of benzene rings is 1. The van der Waals surface area contributed by atoms with Gasteiger partial charge in [-0.15, -0.1) is 0 Å². The molecule has 6 heteroatoms. The fourth-order valence-corrected chi connectivity index (χ4v) is 2.78. The number of para-hydroxylation sites is 1. The van der Waals surface area contributed by atoms with E-state index in [9.17, 15) is 5.11 Å². The molecule has 0 spiro atoms. The van der Waals surface area contributed by atoms with Crippen molar-refractivity contribution in [3.8, 4) is 5.75 Å². The normalized spacial score (nSPS) is 10.8. The number of ether oxygens (including phenoxy) is 1. The molecular weight excluding hydrogens is 316 g/mol. The average Bonchev–Trinajstić information content (AvgIpc) is 3.03. The Bertz CT molecular complexity index is 802. The van der Waals surface area contributed by atoms with Crippen LogP contribution in [-0.4, -0.2) is 38.6 Å². The van der Waals surface area contributed by atoms with Gasteiger partial charge in [-0.25, -0.2) is 9.67 Å². The van der Waals surface area contributed by atoms with Crippen molar-refractivity contribution in [2.75, 3.05) is 13.7 Å². The third kappa shape index (κ3) is 4.42. The molecule has 2 heterocycles. The van der Waals surface area contributed by atoms with Crippen LogP contribution in [0.5, 0.6) is 5.75 Å². The lowest BCUT2D eigenvalue weighted by molar-refractivity contribution is 0.266. The third-order valence-corrected chi connectivity index (χ3v) is 4.01. The zero-order valence-electron chi connectivity index (χ0n) is 14.3. The number of methoxy groups -OCH3 is 1. The van der Waals surface area contributed by atoms with E-state index in [1.54, 1.807) is 18.0 Å². The number of aliphatic hydroxyl groups excluding tert-OH is 1. The molecule has 0 saturated carbocycles. The highest BCUT2D eigenvalue weighted by Crippen LogP contribution is 2.20. The molecule has 0 radical (unpaired) electrons.